The van der Waals surface area contributed by atoms with Gasteiger partial charge in [0, 0.05) is 18.5 Å². The fourth-order valence-electron chi connectivity index (χ4n) is 3.00. The van der Waals surface area contributed by atoms with E-state index in [4.69, 9.17) is 15.6 Å². The Kier molecular flexibility index (Phi) is 8.09. The Labute approximate surface area is 175 Å². The van der Waals surface area contributed by atoms with Crippen LogP contribution in [0.5, 0.6) is 5.75 Å². The van der Waals surface area contributed by atoms with Crippen molar-refractivity contribution in [2.45, 2.75) is 25.3 Å². The third kappa shape index (κ3) is 5.74. The predicted octanol–water partition coefficient (Wildman–Crippen LogP) is 3.37. The van der Waals surface area contributed by atoms with Gasteiger partial charge in [0.05, 0.1) is 25.3 Å². The van der Waals surface area contributed by atoms with Crippen molar-refractivity contribution in [1.29, 1.82) is 0 Å². The highest BCUT2D eigenvalue weighted by Gasteiger charge is 2.33. The first-order valence-corrected chi connectivity index (χ1v) is 9.93. The number of thiol groups is 1. The fraction of sp³-hybridized carbons (Fsp3) is 0.286. The van der Waals surface area contributed by atoms with Crippen molar-refractivity contribution in [2.24, 2.45) is 5.10 Å². The molecule has 7 nitrogen and oxygen atoms in total. The molecule has 8 heteroatoms. The number of carbonyl (C=O) groups is 2. The van der Waals surface area contributed by atoms with Crippen LogP contribution in [0, 0.1) is 0 Å². The normalized spacial score (nSPS) is 15.2. The van der Waals surface area contributed by atoms with Crippen molar-refractivity contribution in [2.75, 3.05) is 19.1 Å². The van der Waals surface area contributed by atoms with Crippen molar-refractivity contribution in [3.8, 4) is 5.75 Å². The number of nitrogens with two attached hydrogens (primary N) is 1. The summed E-state index contributed by atoms with van der Waals surface area (Å²) in [6, 6.07) is 14.5. The van der Waals surface area contributed by atoms with E-state index in [1.807, 2.05) is 36.4 Å². The summed E-state index contributed by atoms with van der Waals surface area (Å²) in [6.45, 7) is 0. The lowest BCUT2D eigenvalue weighted by Crippen LogP contribution is -2.27. The highest BCUT2D eigenvalue weighted by atomic mass is 32.1. The van der Waals surface area contributed by atoms with Crippen molar-refractivity contribution in [3.05, 3.63) is 59.7 Å². The lowest BCUT2D eigenvalue weighted by molar-refractivity contribution is -0.141. The standard InChI is InChI=1S/C20H21N3O4.CH4S/c1-27-16-8-4-14(5-9-16)18-12-17(13-2-6-15(21)7-3-13)22-23(18)19(24)10-11-20(25)26;1-2/h2-9,18H,10-12,21H2,1H3,(H,25,26);2H,1H3. The van der Waals surface area contributed by atoms with Gasteiger partial charge in [-0.1, -0.05) is 24.3 Å². The van der Waals surface area contributed by atoms with E-state index >= 15 is 0 Å². The number of hydrogen-bond donors (Lipinski definition) is 3. The summed E-state index contributed by atoms with van der Waals surface area (Å²) < 4.78 is 5.19. The number of carbonyl (C=O) groups excluding carboxylic acids is 1. The molecule has 154 valence electrons. The molecular formula is C21H25N3O4S. The summed E-state index contributed by atoms with van der Waals surface area (Å²) in [4.78, 5) is 23.4. The SMILES string of the molecule is COc1ccc(C2CC(c3ccc(N)cc3)=NN2C(=O)CCC(=O)O)cc1.CS. The molecule has 3 rings (SSSR count). The molecule has 3 N–H and O–H groups in total. The van der Waals surface area contributed by atoms with E-state index in [2.05, 4.69) is 17.7 Å². The van der Waals surface area contributed by atoms with E-state index in [0.29, 0.717) is 12.1 Å². The van der Waals surface area contributed by atoms with Crippen molar-refractivity contribution in [1.82, 2.24) is 5.01 Å². The summed E-state index contributed by atoms with van der Waals surface area (Å²) in [5, 5.41) is 14.8. The van der Waals surface area contributed by atoms with E-state index in [1.54, 1.807) is 25.5 Å². The van der Waals surface area contributed by atoms with E-state index in [1.165, 1.54) is 5.01 Å². The van der Waals surface area contributed by atoms with Gasteiger partial charge in [0.25, 0.3) is 0 Å². The molecule has 2 aromatic carbocycles. The number of carboxylic acid groups (broad SMARTS) is 1. The van der Waals surface area contributed by atoms with Crippen molar-refractivity contribution < 1.29 is 19.4 Å². The quantitative estimate of drug-likeness (QED) is 0.496. The number of benzene rings is 2. The first kappa shape index (κ1) is 22.3. The molecule has 1 amide bonds. The Morgan fingerprint density at radius 2 is 1.76 bits per heavy atom. The molecular weight excluding hydrogens is 390 g/mol. The van der Waals surface area contributed by atoms with Gasteiger partial charge in [-0.2, -0.15) is 17.7 Å². The number of ether oxygens (including phenoxy) is 1. The van der Waals surface area contributed by atoms with Gasteiger partial charge < -0.3 is 15.6 Å². The molecule has 0 saturated heterocycles. The minimum absolute atomic E-state index is 0.0967. The summed E-state index contributed by atoms with van der Waals surface area (Å²) in [5.74, 6) is -0.602. The molecule has 2 aromatic rings. The molecule has 0 aliphatic carbocycles. The Morgan fingerprint density at radius 1 is 1.14 bits per heavy atom. The molecule has 1 unspecified atom stereocenters. The number of carboxylic acids is 1. The van der Waals surface area contributed by atoms with E-state index in [-0.39, 0.29) is 24.8 Å². The number of methoxy groups -OCH3 is 1. The number of amides is 1. The van der Waals surface area contributed by atoms with Gasteiger partial charge in [-0.15, -0.1) is 0 Å². The van der Waals surface area contributed by atoms with Gasteiger partial charge in [0.15, 0.2) is 0 Å². The molecule has 29 heavy (non-hydrogen) atoms. The number of aliphatic carboxylic acids is 1. The second-order valence-electron chi connectivity index (χ2n) is 6.29. The zero-order valence-electron chi connectivity index (χ0n) is 16.4. The zero-order valence-corrected chi connectivity index (χ0v) is 17.3. The van der Waals surface area contributed by atoms with Crippen molar-refractivity contribution in [3.63, 3.8) is 0 Å². The predicted molar refractivity (Wildman–Crippen MR) is 116 cm³/mol. The maximum Gasteiger partial charge on any atom is 0.303 e. The summed E-state index contributed by atoms with van der Waals surface area (Å²) >= 11 is 3.53. The van der Waals surface area contributed by atoms with Crippen LogP contribution >= 0.6 is 12.6 Å². The summed E-state index contributed by atoms with van der Waals surface area (Å²) in [5.41, 5.74) is 8.95. The third-order valence-electron chi connectivity index (χ3n) is 4.46. The van der Waals surface area contributed by atoms with Crippen LogP contribution in [0.3, 0.4) is 0 Å². The Morgan fingerprint density at radius 3 is 2.31 bits per heavy atom. The molecule has 1 aliphatic rings. The number of hydrazone groups is 1. The number of anilines is 1. The Bertz CT molecular complexity index is 866. The lowest BCUT2D eigenvalue weighted by atomic mass is 9.98. The van der Waals surface area contributed by atoms with Gasteiger partial charge in [-0.05, 0) is 41.6 Å². The zero-order chi connectivity index (χ0) is 21.4. The average molecular weight is 416 g/mol. The smallest absolute Gasteiger partial charge is 0.303 e. The molecule has 0 saturated carbocycles. The molecule has 0 bridgehead atoms. The summed E-state index contributed by atoms with van der Waals surface area (Å²) in [6.07, 6.45) is 1.91. The van der Waals surface area contributed by atoms with Gasteiger partial charge >= 0.3 is 5.97 Å². The van der Waals surface area contributed by atoms with Gasteiger partial charge in [-0.25, -0.2) is 5.01 Å². The maximum absolute atomic E-state index is 12.6. The highest BCUT2D eigenvalue weighted by Crippen LogP contribution is 2.34. The molecule has 0 spiro atoms. The largest absolute Gasteiger partial charge is 0.497 e. The van der Waals surface area contributed by atoms with E-state index in [0.717, 1.165) is 22.6 Å². The van der Waals surface area contributed by atoms with Crippen LogP contribution in [0.2, 0.25) is 0 Å². The molecule has 0 fully saturated rings. The number of rotatable bonds is 6. The average Bonchev–Trinajstić information content (AvgIpc) is 3.19. The van der Waals surface area contributed by atoms with Crippen molar-refractivity contribution >= 4 is 35.9 Å². The van der Waals surface area contributed by atoms with Crippen LogP contribution in [0.25, 0.3) is 0 Å². The minimum Gasteiger partial charge on any atom is -0.497 e. The van der Waals surface area contributed by atoms with Crippen LogP contribution < -0.4 is 10.5 Å². The molecule has 0 aromatic heterocycles. The second-order valence-corrected chi connectivity index (χ2v) is 6.29. The highest BCUT2D eigenvalue weighted by molar-refractivity contribution is 7.79. The number of nitrogen functional groups attached to an aromatic ring is 1. The third-order valence-corrected chi connectivity index (χ3v) is 4.46. The second kappa shape index (κ2) is 10.5. The van der Waals surface area contributed by atoms with Crippen LogP contribution in [0.1, 0.15) is 36.4 Å². The van der Waals surface area contributed by atoms with Crippen LogP contribution in [-0.2, 0) is 9.59 Å². The molecule has 1 atom stereocenters. The Hall–Kier alpha value is -3.00. The van der Waals surface area contributed by atoms with Gasteiger partial charge in [0.1, 0.15) is 5.75 Å². The van der Waals surface area contributed by atoms with E-state index < -0.39 is 5.97 Å². The molecule has 1 heterocycles. The van der Waals surface area contributed by atoms with Crippen LogP contribution in [-0.4, -0.2) is 41.1 Å². The molecule has 0 radical (unpaired) electrons. The molecule has 1 aliphatic heterocycles. The Balaban J connectivity index is 0.00000145. The van der Waals surface area contributed by atoms with Crippen LogP contribution in [0.15, 0.2) is 53.6 Å². The number of nitrogens with zero attached hydrogens (tertiary/aromatic N) is 2. The topological polar surface area (TPSA) is 105 Å². The monoisotopic (exact) mass is 415 g/mol. The lowest BCUT2D eigenvalue weighted by Gasteiger charge is -2.22. The first-order chi connectivity index (χ1) is 14.0. The van der Waals surface area contributed by atoms with E-state index in [9.17, 15) is 9.59 Å². The number of hydrogen-bond acceptors (Lipinski definition) is 6. The fourth-order valence-corrected chi connectivity index (χ4v) is 3.00. The van der Waals surface area contributed by atoms with Crippen LogP contribution in [0.4, 0.5) is 5.69 Å². The maximum atomic E-state index is 12.6. The summed E-state index contributed by atoms with van der Waals surface area (Å²) in [7, 11) is 1.59. The van der Waals surface area contributed by atoms with Gasteiger partial charge in [-0.3, -0.25) is 9.59 Å². The first-order valence-electron chi connectivity index (χ1n) is 9.04. The van der Waals surface area contributed by atoms with Gasteiger partial charge in [0.2, 0.25) is 5.91 Å². The minimum atomic E-state index is -1.01.